The molecule has 2 aromatic rings. The highest BCUT2D eigenvalue weighted by Crippen LogP contribution is 2.18. The first-order valence-electron chi connectivity index (χ1n) is 5.15. The number of Topliss-reactive ketones (excluding diaryl/α,β-unsaturated/α-hetero) is 1. The number of carbonyl (C=O) groups is 1. The van der Waals surface area contributed by atoms with Crippen LogP contribution in [0.3, 0.4) is 0 Å². The predicted octanol–water partition coefficient (Wildman–Crippen LogP) is 3.55. The minimum Gasteiger partial charge on any atom is -0.292 e. The topological polar surface area (TPSA) is 30.0 Å². The maximum Gasteiger partial charge on any atom is 0.188 e. The number of aromatic nitrogens is 1. The van der Waals surface area contributed by atoms with Crippen molar-refractivity contribution >= 4 is 21.7 Å². The molecule has 2 rings (SSSR count). The Morgan fingerprint density at radius 3 is 2.67 bits per heavy atom. The Bertz CT molecular complexity index is 601. The number of rotatable bonds is 3. The van der Waals surface area contributed by atoms with Crippen molar-refractivity contribution in [1.82, 2.24) is 4.98 Å². The maximum atomic E-state index is 13.3. The average molecular weight is 312 g/mol. The monoisotopic (exact) mass is 311 g/mol. The maximum absolute atomic E-state index is 13.3. The van der Waals surface area contributed by atoms with Gasteiger partial charge in [0.15, 0.2) is 11.6 Å². The second-order valence-corrected chi connectivity index (χ2v) is 4.54. The fourth-order valence-electron chi connectivity index (χ4n) is 1.51. The predicted molar refractivity (Wildman–Crippen MR) is 66.3 cm³/mol. The molecule has 0 unspecified atom stereocenters. The van der Waals surface area contributed by atoms with Gasteiger partial charge in [0.1, 0.15) is 11.5 Å². The Kier molecular flexibility index (Phi) is 3.81. The van der Waals surface area contributed by atoms with Gasteiger partial charge in [-0.3, -0.25) is 9.78 Å². The lowest BCUT2D eigenvalue weighted by Crippen LogP contribution is -2.08. The molecule has 0 N–H and O–H groups in total. The summed E-state index contributed by atoms with van der Waals surface area (Å²) in [7, 11) is 0. The lowest BCUT2D eigenvalue weighted by atomic mass is 10.1. The molecule has 1 aromatic carbocycles. The molecule has 1 aromatic heterocycles. The van der Waals surface area contributed by atoms with Gasteiger partial charge >= 0.3 is 0 Å². The molecule has 0 aliphatic rings. The highest BCUT2D eigenvalue weighted by Gasteiger charge is 2.14. The molecule has 0 atom stereocenters. The minimum absolute atomic E-state index is 0.0210. The second-order valence-electron chi connectivity index (χ2n) is 3.68. The molecule has 1 heterocycles. The molecule has 5 heteroatoms. The van der Waals surface area contributed by atoms with E-state index in [1.165, 1.54) is 36.5 Å². The molecule has 0 bridgehead atoms. The first kappa shape index (κ1) is 12.8. The Balaban J connectivity index is 2.22. The third-order valence-electron chi connectivity index (χ3n) is 2.37. The zero-order valence-corrected chi connectivity index (χ0v) is 10.7. The summed E-state index contributed by atoms with van der Waals surface area (Å²) in [6.07, 6.45) is 1.34. The average Bonchev–Trinajstić information content (AvgIpc) is 2.34. The van der Waals surface area contributed by atoms with E-state index in [2.05, 4.69) is 20.9 Å². The molecule has 0 aliphatic carbocycles. The highest BCUT2D eigenvalue weighted by molar-refractivity contribution is 9.10. The fourth-order valence-corrected chi connectivity index (χ4v) is 1.94. The summed E-state index contributed by atoms with van der Waals surface area (Å²) in [5.41, 5.74) is 0.399. The molecule has 0 fully saturated rings. The highest BCUT2D eigenvalue weighted by atomic mass is 79.9. The van der Waals surface area contributed by atoms with Crippen LogP contribution in [0.1, 0.15) is 16.1 Å². The van der Waals surface area contributed by atoms with E-state index < -0.39 is 17.4 Å². The first-order valence-corrected chi connectivity index (χ1v) is 5.95. The molecule has 0 spiro atoms. The van der Waals surface area contributed by atoms with Gasteiger partial charge in [-0.2, -0.15) is 0 Å². The lowest BCUT2D eigenvalue weighted by Gasteiger charge is -2.03. The van der Waals surface area contributed by atoms with Gasteiger partial charge in [0.25, 0.3) is 0 Å². The van der Waals surface area contributed by atoms with Crippen LogP contribution < -0.4 is 0 Å². The summed E-state index contributed by atoms with van der Waals surface area (Å²) in [6.45, 7) is 0. The third-order valence-corrected chi connectivity index (χ3v) is 2.98. The van der Waals surface area contributed by atoms with Crippen LogP contribution in [0.2, 0.25) is 0 Å². The van der Waals surface area contributed by atoms with E-state index in [9.17, 15) is 13.6 Å². The summed E-state index contributed by atoms with van der Waals surface area (Å²) in [5.74, 6) is -1.49. The SMILES string of the molecule is O=C(Cc1ccc(F)c(Br)c1)c1ncccc1F. The van der Waals surface area contributed by atoms with Gasteiger partial charge in [-0.15, -0.1) is 0 Å². The van der Waals surface area contributed by atoms with Crippen molar-refractivity contribution < 1.29 is 13.6 Å². The number of hydrogen-bond acceptors (Lipinski definition) is 2. The number of ketones is 1. The van der Waals surface area contributed by atoms with Crippen LogP contribution in [0.15, 0.2) is 41.0 Å². The summed E-state index contributed by atoms with van der Waals surface area (Å²) in [6, 6.07) is 6.83. The van der Waals surface area contributed by atoms with E-state index in [4.69, 9.17) is 0 Å². The van der Waals surface area contributed by atoms with Crippen molar-refractivity contribution in [3.05, 3.63) is 63.9 Å². The Labute approximate surface area is 111 Å². The molecule has 0 amide bonds. The van der Waals surface area contributed by atoms with Crippen LogP contribution in [0.25, 0.3) is 0 Å². The number of hydrogen-bond donors (Lipinski definition) is 0. The number of halogens is 3. The number of carbonyl (C=O) groups excluding carboxylic acids is 1. The molecular formula is C13H8BrF2NO. The van der Waals surface area contributed by atoms with Gasteiger partial charge in [-0.1, -0.05) is 6.07 Å². The molecule has 2 nitrogen and oxygen atoms in total. The van der Waals surface area contributed by atoms with Crippen LogP contribution in [0.5, 0.6) is 0 Å². The van der Waals surface area contributed by atoms with Gasteiger partial charge < -0.3 is 0 Å². The minimum atomic E-state index is -0.649. The van der Waals surface area contributed by atoms with E-state index in [1.807, 2.05) is 0 Å². The summed E-state index contributed by atoms with van der Waals surface area (Å²) < 4.78 is 26.6. The fraction of sp³-hybridized carbons (Fsp3) is 0.0769. The van der Waals surface area contributed by atoms with Crippen molar-refractivity contribution in [3.63, 3.8) is 0 Å². The van der Waals surface area contributed by atoms with E-state index >= 15 is 0 Å². The van der Waals surface area contributed by atoms with Crippen molar-refractivity contribution in [2.75, 3.05) is 0 Å². The molecule has 0 aliphatic heterocycles. The molecule has 0 saturated carbocycles. The van der Waals surface area contributed by atoms with E-state index in [1.54, 1.807) is 0 Å². The van der Waals surface area contributed by atoms with Crippen molar-refractivity contribution in [1.29, 1.82) is 0 Å². The Hall–Kier alpha value is -1.62. The Morgan fingerprint density at radius 2 is 2.00 bits per heavy atom. The number of pyridine rings is 1. The van der Waals surface area contributed by atoms with Gasteiger partial charge in [0.2, 0.25) is 0 Å². The Morgan fingerprint density at radius 1 is 1.22 bits per heavy atom. The lowest BCUT2D eigenvalue weighted by molar-refractivity contribution is 0.0984. The van der Waals surface area contributed by atoms with Crippen molar-refractivity contribution in [2.45, 2.75) is 6.42 Å². The summed E-state index contributed by atoms with van der Waals surface area (Å²) >= 11 is 3.03. The van der Waals surface area contributed by atoms with Gasteiger partial charge in [-0.05, 0) is 45.8 Å². The van der Waals surface area contributed by atoms with Gasteiger partial charge in [-0.25, -0.2) is 8.78 Å². The van der Waals surface area contributed by atoms with Crippen molar-refractivity contribution in [2.24, 2.45) is 0 Å². The van der Waals surface area contributed by atoms with E-state index in [-0.39, 0.29) is 16.6 Å². The van der Waals surface area contributed by atoms with Crippen LogP contribution in [0.4, 0.5) is 8.78 Å². The zero-order chi connectivity index (χ0) is 13.1. The summed E-state index contributed by atoms with van der Waals surface area (Å²) in [4.78, 5) is 15.5. The smallest absolute Gasteiger partial charge is 0.188 e. The van der Waals surface area contributed by atoms with E-state index in [0.29, 0.717) is 5.56 Å². The largest absolute Gasteiger partial charge is 0.292 e. The van der Waals surface area contributed by atoms with Gasteiger partial charge in [0, 0.05) is 12.6 Å². The van der Waals surface area contributed by atoms with Crippen LogP contribution in [-0.2, 0) is 6.42 Å². The summed E-state index contributed by atoms with van der Waals surface area (Å²) in [5, 5.41) is 0. The molecule has 92 valence electrons. The second kappa shape index (κ2) is 5.35. The number of benzene rings is 1. The van der Waals surface area contributed by atoms with Gasteiger partial charge in [0.05, 0.1) is 4.47 Å². The first-order chi connectivity index (χ1) is 8.58. The number of nitrogens with zero attached hydrogens (tertiary/aromatic N) is 1. The zero-order valence-electron chi connectivity index (χ0n) is 9.16. The molecule has 0 saturated heterocycles. The normalized spacial score (nSPS) is 10.4. The third kappa shape index (κ3) is 2.79. The molecule has 18 heavy (non-hydrogen) atoms. The standard InChI is InChI=1S/C13H8BrF2NO/c14-9-6-8(3-4-10(9)15)7-12(18)13-11(16)2-1-5-17-13/h1-6H,7H2. The molecule has 0 radical (unpaired) electrons. The van der Waals surface area contributed by atoms with Crippen molar-refractivity contribution in [3.8, 4) is 0 Å². The quantitative estimate of drug-likeness (QED) is 0.811. The van der Waals surface area contributed by atoms with E-state index in [0.717, 1.165) is 0 Å². The van der Waals surface area contributed by atoms with Crippen LogP contribution in [-0.4, -0.2) is 10.8 Å². The molecular weight excluding hydrogens is 304 g/mol. The van der Waals surface area contributed by atoms with Crippen LogP contribution >= 0.6 is 15.9 Å². The van der Waals surface area contributed by atoms with Crippen LogP contribution in [0, 0.1) is 11.6 Å².